The molecule has 90 valence electrons. The predicted octanol–water partition coefficient (Wildman–Crippen LogP) is 0.195. The number of oxazole rings is 1. The van der Waals surface area contributed by atoms with Gasteiger partial charge in [-0.15, -0.1) is 5.10 Å². The summed E-state index contributed by atoms with van der Waals surface area (Å²) in [5, 5.41) is 10.8. The average molecular weight is 237 g/mol. The molecule has 0 bridgehead atoms. The fraction of sp³-hybridized carbons (Fsp3) is 0.444. The van der Waals surface area contributed by atoms with Crippen LogP contribution in [0, 0.1) is 6.92 Å². The first-order chi connectivity index (χ1) is 8.22. The van der Waals surface area contributed by atoms with Crippen molar-refractivity contribution in [3.63, 3.8) is 0 Å². The van der Waals surface area contributed by atoms with Gasteiger partial charge in [-0.25, -0.2) is 14.5 Å². The standard InChI is InChI=1S/C9H11N5O3/c1-3-16-9(15)8-11-12-13-14(8)4-7-6(2)17-5-10-7/h5H,3-4H2,1-2H3. The minimum Gasteiger partial charge on any atom is -0.460 e. The second-order valence-electron chi connectivity index (χ2n) is 3.24. The Morgan fingerprint density at radius 1 is 1.59 bits per heavy atom. The lowest BCUT2D eigenvalue weighted by Gasteiger charge is -2.02. The van der Waals surface area contributed by atoms with E-state index in [4.69, 9.17) is 9.15 Å². The first-order valence-electron chi connectivity index (χ1n) is 5.04. The Hall–Kier alpha value is -2.25. The normalized spacial score (nSPS) is 10.5. The molecule has 17 heavy (non-hydrogen) atoms. The maximum Gasteiger partial charge on any atom is 0.378 e. The first-order valence-corrected chi connectivity index (χ1v) is 5.04. The summed E-state index contributed by atoms with van der Waals surface area (Å²) in [5.41, 5.74) is 0.669. The van der Waals surface area contributed by atoms with Gasteiger partial charge in [-0.2, -0.15) is 0 Å². The summed E-state index contributed by atoms with van der Waals surface area (Å²) in [6, 6.07) is 0. The Balaban J connectivity index is 2.20. The third-order valence-corrected chi connectivity index (χ3v) is 2.13. The minimum absolute atomic E-state index is 0.0502. The predicted molar refractivity (Wildman–Crippen MR) is 54.1 cm³/mol. The van der Waals surface area contributed by atoms with Gasteiger partial charge in [0.05, 0.1) is 13.2 Å². The summed E-state index contributed by atoms with van der Waals surface area (Å²) in [6.07, 6.45) is 1.33. The third-order valence-electron chi connectivity index (χ3n) is 2.13. The van der Waals surface area contributed by atoms with Gasteiger partial charge in [0.1, 0.15) is 11.5 Å². The van der Waals surface area contributed by atoms with Crippen molar-refractivity contribution in [1.29, 1.82) is 0 Å². The fourth-order valence-electron chi connectivity index (χ4n) is 1.27. The molecule has 0 fully saturated rings. The van der Waals surface area contributed by atoms with Crippen molar-refractivity contribution < 1.29 is 13.9 Å². The lowest BCUT2D eigenvalue weighted by molar-refractivity contribution is 0.0505. The van der Waals surface area contributed by atoms with E-state index in [2.05, 4.69) is 20.5 Å². The van der Waals surface area contributed by atoms with Gasteiger partial charge < -0.3 is 9.15 Å². The lowest BCUT2D eigenvalue weighted by Crippen LogP contribution is -2.15. The zero-order valence-corrected chi connectivity index (χ0v) is 9.45. The number of carbonyl (C=O) groups is 1. The monoisotopic (exact) mass is 237 g/mol. The molecule has 2 heterocycles. The molecule has 0 N–H and O–H groups in total. The van der Waals surface area contributed by atoms with E-state index in [1.807, 2.05) is 0 Å². The number of aromatic nitrogens is 5. The van der Waals surface area contributed by atoms with Crippen LogP contribution in [0.15, 0.2) is 10.8 Å². The smallest absolute Gasteiger partial charge is 0.378 e. The second-order valence-corrected chi connectivity index (χ2v) is 3.24. The molecular weight excluding hydrogens is 226 g/mol. The van der Waals surface area contributed by atoms with Crippen LogP contribution in [-0.4, -0.2) is 37.8 Å². The Kier molecular flexibility index (Phi) is 3.12. The quantitative estimate of drug-likeness (QED) is 0.700. The molecule has 0 saturated carbocycles. The minimum atomic E-state index is -0.557. The molecule has 0 atom stereocenters. The number of rotatable bonds is 4. The largest absolute Gasteiger partial charge is 0.460 e. The van der Waals surface area contributed by atoms with Gasteiger partial charge in [-0.1, -0.05) is 0 Å². The number of aryl methyl sites for hydroxylation is 1. The number of hydrogen-bond donors (Lipinski definition) is 0. The Labute approximate surface area is 96.6 Å². The van der Waals surface area contributed by atoms with Crippen molar-refractivity contribution in [2.75, 3.05) is 6.61 Å². The summed E-state index contributed by atoms with van der Waals surface area (Å²) in [7, 11) is 0. The van der Waals surface area contributed by atoms with Crippen LogP contribution in [-0.2, 0) is 11.3 Å². The van der Waals surface area contributed by atoms with E-state index in [0.29, 0.717) is 11.5 Å². The van der Waals surface area contributed by atoms with E-state index in [-0.39, 0.29) is 19.0 Å². The van der Waals surface area contributed by atoms with Crippen molar-refractivity contribution in [2.24, 2.45) is 0 Å². The number of tetrazole rings is 1. The molecule has 0 amide bonds. The molecule has 2 aromatic heterocycles. The summed E-state index contributed by atoms with van der Waals surface area (Å²) >= 11 is 0. The van der Waals surface area contributed by atoms with Crippen LogP contribution in [0.5, 0.6) is 0 Å². The van der Waals surface area contributed by atoms with Crippen LogP contribution >= 0.6 is 0 Å². The zero-order valence-electron chi connectivity index (χ0n) is 9.45. The van der Waals surface area contributed by atoms with E-state index in [1.165, 1.54) is 11.1 Å². The van der Waals surface area contributed by atoms with Gasteiger partial charge in [0.25, 0.3) is 5.82 Å². The lowest BCUT2D eigenvalue weighted by atomic mass is 10.3. The summed E-state index contributed by atoms with van der Waals surface area (Å²) in [4.78, 5) is 15.5. The first kappa shape index (κ1) is 11.2. The Morgan fingerprint density at radius 3 is 3.06 bits per heavy atom. The van der Waals surface area contributed by atoms with Crippen LogP contribution in [0.25, 0.3) is 0 Å². The van der Waals surface area contributed by atoms with Gasteiger partial charge in [0.15, 0.2) is 6.39 Å². The molecule has 0 aliphatic carbocycles. The van der Waals surface area contributed by atoms with Crippen molar-refractivity contribution >= 4 is 5.97 Å². The SMILES string of the molecule is CCOC(=O)c1nnnn1Cc1ncoc1C. The molecule has 8 nitrogen and oxygen atoms in total. The highest BCUT2D eigenvalue weighted by molar-refractivity contribution is 5.85. The number of ether oxygens (including phenoxy) is 1. The van der Waals surface area contributed by atoms with Crippen LogP contribution in [0.3, 0.4) is 0 Å². The van der Waals surface area contributed by atoms with Gasteiger partial charge >= 0.3 is 5.97 Å². The summed E-state index contributed by atoms with van der Waals surface area (Å²) < 4.78 is 11.2. The van der Waals surface area contributed by atoms with Crippen molar-refractivity contribution in [3.05, 3.63) is 23.7 Å². The second kappa shape index (κ2) is 4.73. The average Bonchev–Trinajstić information content (AvgIpc) is 2.90. The van der Waals surface area contributed by atoms with Crippen molar-refractivity contribution in [3.8, 4) is 0 Å². The third kappa shape index (κ3) is 2.30. The number of carbonyl (C=O) groups excluding carboxylic acids is 1. The summed E-state index contributed by atoms with van der Waals surface area (Å²) in [5.74, 6) is 0.156. The van der Waals surface area contributed by atoms with E-state index >= 15 is 0 Å². The highest BCUT2D eigenvalue weighted by atomic mass is 16.5. The van der Waals surface area contributed by atoms with Gasteiger partial charge in [0.2, 0.25) is 0 Å². The summed E-state index contributed by atoms with van der Waals surface area (Å²) in [6.45, 7) is 4.03. The van der Waals surface area contributed by atoms with Crippen LogP contribution in [0.1, 0.15) is 29.0 Å². The maximum atomic E-state index is 11.5. The number of esters is 1. The topological polar surface area (TPSA) is 95.9 Å². The molecular formula is C9H11N5O3. The molecule has 0 aliphatic heterocycles. The van der Waals surface area contributed by atoms with Crippen molar-refractivity contribution in [2.45, 2.75) is 20.4 Å². The molecule has 0 saturated heterocycles. The Morgan fingerprint density at radius 2 is 2.41 bits per heavy atom. The van der Waals surface area contributed by atoms with E-state index < -0.39 is 5.97 Å². The van der Waals surface area contributed by atoms with Gasteiger partial charge in [-0.3, -0.25) is 0 Å². The molecule has 0 radical (unpaired) electrons. The van der Waals surface area contributed by atoms with Crippen LogP contribution in [0.4, 0.5) is 0 Å². The highest BCUT2D eigenvalue weighted by Crippen LogP contribution is 2.07. The molecule has 0 aliphatic rings. The molecule has 2 rings (SSSR count). The van der Waals surface area contributed by atoms with Gasteiger partial charge in [0, 0.05) is 0 Å². The van der Waals surface area contributed by atoms with E-state index in [1.54, 1.807) is 13.8 Å². The van der Waals surface area contributed by atoms with Crippen molar-refractivity contribution in [1.82, 2.24) is 25.2 Å². The number of hydrogen-bond acceptors (Lipinski definition) is 7. The maximum absolute atomic E-state index is 11.5. The molecule has 8 heteroatoms. The Bertz CT molecular complexity index is 518. The fourth-order valence-corrected chi connectivity index (χ4v) is 1.27. The van der Waals surface area contributed by atoms with E-state index in [9.17, 15) is 4.79 Å². The molecule has 0 aromatic carbocycles. The van der Waals surface area contributed by atoms with E-state index in [0.717, 1.165) is 0 Å². The van der Waals surface area contributed by atoms with Crippen LogP contribution < -0.4 is 0 Å². The highest BCUT2D eigenvalue weighted by Gasteiger charge is 2.18. The zero-order chi connectivity index (χ0) is 12.3. The van der Waals surface area contributed by atoms with Gasteiger partial charge in [-0.05, 0) is 24.3 Å². The molecule has 2 aromatic rings. The van der Waals surface area contributed by atoms with Crippen LogP contribution in [0.2, 0.25) is 0 Å². The number of nitrogens with zero attached hydrogens (tertiary/aromatic N) is 5. The molecule has 0 spiro atoms. The molecule has 0 unspecified atom stereocenters.